The second-order valence-corrected chi connectivity index (χ2v) is 6.77. The van der Waals surface area contributed by atoms with Crippen molar-refractivity contribution in [2.24, 2.45) is 5.92 Å². The van der Waals surface area contributed by atoms with E-state index in [-0.39, 0.29) is 19.3 Å². The SMILES string of the molecule is COCC1CCN(C(=O)c2cc(COc3ccc4c(c3)OCO4)[nH]n2)CC1. The summed E-state index contributed by atoms with van der Waals surface area (Å²) in [6, 6.07) is 7.17. The molecule has 0 radical (unpaired) electrons. The number of rotatable bonds is 6. The molecule has 8 heteroatoms. The average Bonchev–Trinajstić information content (AvgIpc) is 3.35. The highest BCUT2D eigenvalue weighted by atomic mass is 16.7. The monoisotopic (exact) mass is 373 g/mol. The molecule has 144 valence electrons. The van der Waals surface area contributed by atoms with Gasteiger partial charge in [0.15, 0.2) is 17.2 Å². The molecule has 1 saturated heterocycles. The summed E-state index contributed by atoms with van der Waals surface area (Å²) < 4.78 is 21.6. The van der Waals surface area contributed by atoms with Crippen LogP contribution in [0.1, 0.15) is 29.0 Å². The van der Waals surface area contributed by atoms with Gasteiger partial charge in [0.25, 0.3) is 5.91 Å². The second-order valence-electron chi connectivity index (χ2n) is 6.77. The van der Waals surface area contributed by atoms with E-state index in [4.69, 9.17) is 18.9 Å². The number of nitrogens with zero attached hydrogens (tertiary/aromatic N) is 2. The van der Waals surface area contributed by atoms with Gasteiger partial charge in [0.1, 0.15) is 12.4 Å². The Morgan fingerprint density at radius 2 is 2.07 bits per heavy atom. The van der Waals surface area contributed by atoms with E-state index in [1.807, 2.05) is 17.0 Å². The number of aromatic nitrogens is 2. The highest BCUT2D eigenvalue weighted by molar-refractivity contribution is 5.92. The first-order valence-corrected chi connectivity index (χ1v) is 9.08. The lowest BCUT2D eigenvalue weighted by Gasteiger charge is -2.31. The number of likely N-dealkylation sites (tertiary alicyclic amines) is 1. The molecule has 8 nitrogen and oxygen atoms in total. The third kappa shape index (κ3) is 4.00. The van der Waals surface area contributed by atoms with E-state index in [2.05, 4.69) is 10.2 Å². The molecule has 3 heterocycles. The summed E-state index contributed by atoms with van der Waals surface area (Å²) in [4.78, 5) is 14.5. The Kier molecular flexibility index (Phi) is 5.15. The number of methoxy groups -OCH3 is 1. The number of benzene rings is 1. The van der Waals surface area contributed by atoms with E-state index >= 15 is 0 Å². The van der Waals surface area contributed by atoms with E-state index in [0.29, 0.717) is 28.9 Å². The van der Waals surface area contributed by atoms with Crippen LogP contribution in [-0.4, -0.2) is 54.6 Å². The van der Waals surface area contributed by atoms with Crippen LogP contribution in [0.15, 0.2) is 24.3 Å². The zero-order chi connectivity index (χ0) is 18.6. The number of H-pyrrole nitrogens is 1. The van der Waals surface area contributed by atoms with Gasteiger partial charge in [-0.3, -0.25) is 9.89 Å². The molecule has 1 aromatic carbocycles. The molecule has 2 aliphatic heterocycles. The minimum Gasteiger partial charge on any atom is -0.487 e. The topological polar surface area (TPSA) is 85.9 Å². The summed E-state index contributed by atoms with van der Waals surface area (Å²) in [6.07, 6.45) is 1.92. The van der Waals surface area contributed by atoms with Crippen LogP contribution in [0, 0.1) is 5.92 Å². The number of aromatic amines is 1. The molecule has 0 aliphatic carbocycles. The van der Waals surface area contributed by atoms with Crippen LogP contribution >= 0.6 is 0 Å². The highest BCUT2D eigenvalue weighted by Gasteiger charge is 2.25. The van der Waals surface area contributed by atoms with E-state index < -0.39 is 0 Å². The van der Waals surface area contributed by atoms with Gasteiger partial charge in [0, 0.05) is 32.9 Å². The van der Waals surface area contributed by atoms with Gasteiger partial charge in [-0.1, -0.05) is 0 Å². The Hall–Kier alpha value is -2.74. The Balaban J connectivity index is 1.31. The van der Waals surface area contributed by atoms with Gasteiger partial charge in [0.05, 0.1) is 5.69 Å². The van der Waals surface area contributed by atoms with Crippen molar-refractivity contribution in [3.05, 3.63) is 35.7 Å². The van der Waals surface area contributed by atoms with E-state index in [1.165, 1.54) is 0 Å². The van der Waals surface area contributed by atoms with Crippen molar-refractivity contribution in [2.75, 3.05) is 33.6 Å². The van der Waals surface area contributed by atoms with Crippen molar-refractivity contribution in [1.29, 1.82) is 0 Å². The molecule has 4 rings (SSSR count). The standard InChI is InChI=1S/C19H23N3O5/c1-24-10-13-4-6-22(7-5-13)19(23)16-8-14(20-21-16)11-25-15-2-3-17-18(9-15)27-12-26-17/h2-3,8-9,13H,4-7,10-12H2,1H3,(H,20,21). The quantitative estimate of drug-likeness (QED) is 0.836. The van der Waals surface area contributed by atoms with E-state index in [0.717, 1.165) is 38.2 Å². The lowest BCUT2D eigenvalue weighted by Crippen LogP contribution is -2.39. The van der Waals surface area contributed by atoms with Crippen LogP contribution in [0.5, 0.6) is 17.2 Å². The lowest BCUT2D eigenvalue weighted by molar-refractivity contribution is 0.0608. The number of piperidine rings is 1. The largest absolute Gasteiger partial charge is 0.487 e. The molecule has 1 fully saturated rings. The molecule has 1 amide bonds. The molecule has 27 heavy (non-hydrogen) atoms. The maximum atomic E-state index is 12.6. The molecular weight excluding hydrogens is 350 g/mol. The van der Waals surface area contributed by atoms with Crippen LogP contribution in [0.25, 0.3) is 0 Å². The van der Waals surface area contributed by atoms with Crippen LogP contribution in [-0.2, 0) is 11.3 Å². The summed E-state index contributed by atoms with van der Waals surface area (Å²) >= 11 is 0. The van der Waals surface area contributed by atoms with Gasteiger partial charge in [-0.25, -0.2) is 0 Å². The van der Waals surface area contributed by atoms with Crippen LogP contribution in [0.3, 0.4) is 0 Å². The maximum Gasteiger partial charge on any atom is 0.274 e. The predicted octanol–water partition coefficient (Wildman–Crippen LogP) is 2.22. The van der Waals surface area contributed by atoms with Gasteiger partial charge in [0.2, 0.25) is 6.79 Å². The smallest absolute Gasteiger partial charge is 0.274 e. The van der Waals surface area contributed by atoms with Gasteiger partial charge >= 0.3 is 0 Å². The maximum absolute atomic E-state index is 12.6. The van der Waals surface area contributed by atoms with Crippen molar-refractivity contribution < 1.29 is 23.7 Å². The Morgan fingerprint density at radius 1 is 1.26 bits per heavy atom. The average molecular weight is 373 g/mol. The second kappa shape index (κ2) is 7.87. The molecule has 1 N–H and O–H groups in total. The summed E-state index contributed by atoms with van der Waals surface area (Å²) in [5.74, 6) is 2.54. The van der Waals surface area contributed by atoms with E-state index in [1.54, 1.807) is 19.2 Å². The fourth-order valence-electron chi connectivity index (χ4n) is 3.37. The first kappa shape index (κ1) is 17.7. The van der Waals surface area contributed by atoms with E-state index in [9.17, 15) is 4.79 Å². The summed E-state index contributed by atoms with van der Waals surface area (Å²) in [5, 5.41) is 7.03. The molecule has 0 bridgehead atoms. The van der Waals surface area contributed by atoms with Crippen LogP contribution < -0.4 is 14.2 Å². The first-order valence-electron chi connectivity index (χ1n) is 9.08. The Labute approximate surface area is 157 Å². The van der Waals surface area contributed by atoms with Crippen LogP contribution in [0.2, 0.25) is 0 Å². The van der Waals surface area contributed by atoms with Crippen molar-refractivity contribution >= 4 is 5.91 Å². The number of hydrogen-bond donors (Lipinski definition) is 1. The minimum atomic E-state index is -0.0450. The highest BCUT2D eigenvalue weighted by Crippen LogP contribution is 2.35. The first-order chi connectivity index (χ1) is 13.2. The zero-order valence-electron chi connectivity index (χ0n) is 15.3. The molecule has 2 aromatic rings. The number of carbonyl (C=O) groups excluding carboxylic acids is 1. The molecule has 0 unspecified atom stereocenters. The molecule has 1 aromatic heterocycles. The molecule has 0 atom stereocenters. The Bertz CT molecular complexity index is 798. The summed E-state index contributed by atoms with van der Waals surface area (Å²) in [7, 11) is 1.72. The molecule has 0 saturated carbocycles. The van der Waals surface area contributed by atoms with Crippen molar-refractivity contribution in [2.45, 2.75) is 19.4 Å². The summed E-state index contributed by atoms with van der Waals surface area (Å²) in [5.41, 5.74) is 1.16. The normalized spacial score (nSPS) is 16.6. The Morgan fingerprint density at radius 3 is 2.89 bits per heavy atom. The number of nitrogens with one attached hydrogen (secondary N) is 1. The fourth-order valence-corrected chi connectivity index (χ4v) is 3.37. The number of fused-ring (bicyclic) bond motifs is 1. The van der Waals surface area contributed by atoms with Gasteiger partial charge in [-0.15, -0.1) is 0 Å². The molecule has 2 aliphatic rings. The predicted molar refractivity (Wildman–Crippen MR) is 96.0 cm³/mol. The third-order valence-electron chi connectivity index (χ3n) is 4.89. The third-order valence-corrected chi connectivity index (χ3v) is 4.89. The van der Waals surface area contributed by atoms with Gasteiger partial charge in [-0.2, -0.15) is 5.10 Å². The van der Waals surface area contributed by atoms with Gasteiger partial charge < -0.3 is 23.8 Å². The number of hydrogen-bond acceptors (Lipinski definition) is 6. The van der Waals surface area contributed by atoms with Crippen molar-refractivity contribution in [3.8, 4) is 17.2 Å². The number of carbonyl (C=O) groups is 1. The number of ether oxygens (including phenoxy) is 4. The zero-order valence-corrected chi connectivity index (χ0v) is 15.3. The van der Waals surface area contributed by atoms with Crippen molar-refractivity contribution in [3.63, 3.8) is 0 Å². The minimum absolute atomic E-state index is 0.0450. The molecular formula is C19H23N3O5. The lowest BCUT2D eigenvalue weighted by atomic mass is 9.97. The van der Waals surface area contributed by atoms with Crippen LogP contribution in [0.4, 0.5) is 0 Å². The van der Waals surface area contributed by atoms with Crippen molar-refractivity contribution in [1.82, 2.24) is 15.1 Å². The van der Waals surface area contributed by atoms with Gasteiger partial charge in [-0.05, 0) is 37.0 Å². The molecule has 0 spiro atoms. The fraction of sp³-hybridized carbons (Fsp3) is 0.474. The summed E-state index contributed by atoms with van der Waals surface area (Å²) in [6.45, 7) is 2.75. The number of amides is 1.